The Labute approximate surface area is 118 Å². The lowest BCUT2D eigenvalue weighted by atomic mass is 10.1. The van der Waals surface area contributed by atoms with Crippen LogP contribution in [0.2, 0.25) is 0 Å². The Kier molecular flexibility index (Phi) is 2.36. The van der Waals surface area contributed by atoms with Crippen LogP contribution in [-0.2, 0) is 6.42 Å². The van der Waals surface area contributed by atoms with Crippen molar-refractivity contribution in [3.05, 3.63) is 58.9 Å². The van der Waals surface area contributed by atoms with Crippen LogP contribution >= 0.6 is 0 Å². The summed E-state index contributed by atoms with van der Waals surface area (Å²) in [5, 5.41) is 3.55. The lowest BCUT2D eigenvalue weighted by Crippen LogP contribution is -2.07. The molecule has 2 heterocycles. The van der Waals surface area contributed by atoms with Crippen LogP contribution in [0.3, 0.4) is 0 Å². The number of H-pyrrole nitrogens is 1. The van der Waals surface area contributed by atoms with Gasteiger partial charge in [-0.05, 0) is 48.7 Å². The summed E-state index contributed by atoms with van der Waals surface area (Å²) in [6.45, 7) is 4.27. The van der Waals surface area contributed by atoms with Gasteiger partial charge >= 0.3 is 0 Å². The highest BCUT2D eigenvalue weighted by molar-refractivity contribution is 5.77. The van der Waals surface area contributed by atoms with Crippen molar-refractivity contribution < 1.29 is 0 Å². The number of aromatic nitrogens is 2. The highest BCUT2D eigenvalue weighted by Gasteiger charge is 2.24. The Morgan fingerprint density at radius 2 is 1.90 bits per heavy atom. The third kappa shape index (κ3) is 1.70. The molecule has 0 fully saturated rings. The second kappa shape index (κ2) is 4.10. The number of hydrogen-bond donors (Lipinski definition) is 2. The number of aryl methyl sites for hydroxylation is 2. The van der Waals surface area contributed by atoms with Crippen molar-refractivity contribution >= 4 is 16.7 Å². The van der Waals surface area contributed by atoms with Crippen molar-refractivity contribution in [2.45, 2.75) is 26.3 Å². The molecule has 3 aromatic rings. The van der Waals surface area contributed by atoms with E-state index < -0.39 is 0 Å². The average Bonchev–Trinajstić information content (AvgIpc) is 3.02. The first-order valence-electron chi connectivity index (χ1n) is 7.02. The van der Waals surface area contributed by atoms with Gasteiger partial charge in [-0.1, -0.05) is 18.2 Å². The zero-order valence-corrected chi connectivity index (χ0v) is 11.7. The lowest BCUT2D eigenvalue weighted by Gasteiger charge is -2.06. The third-order valence-electron chi connectivity index (χ3n) is 4.22. The van der Waals surface area contributed by atoms with E-state index in [2.05, 4.69) is 60.5 Å². The summed E-state index contributed by atoms with van der Waals surface area (Å²) in [5.74, 6) is 1.03. The van der Waals surface area contributed by atoms with Crippen molar-refractivity contribution in [2.24, 2.45) is 0 Å². The van der Waals surface area contributed by atoms with E-state index in [1.165, 1.54) is 22.4 Å². The standard InChI is InChI=1S/C17H17N3/c1-10-7-14-15(8-11(10)2)20-17(19-14)16-9-12-5-3-4-6-13(12)18-16/h3-8,16,18H,9H2,1-2H3,(H,19,20). The van der Waals surface area contributed by atoms with E-state index in [1.54, 1.807) is 0 Å². The van der Waals surface area contributed by atoms with Crippen molar-refractivity contribution in [3.63, 3.8) is 0 Å². The lowest BCUT2D eigenvalue weighted by molar-refractivity contribution is 0.768. The number of anilines is 1. The number of rotatable bonds is 1. The van der Waals surface area contributed by atoms with E-state index in [-0.39, 0.29) is 6.04 Å². The molecule has 0 spiro atoms. The number of aromatic amines is 1. The van der Waals surface area contributed by atoms with Gasteiger partial charge in [-0.3, -0.25) is 0 Å². The van der Waals surface area contributed by atoms with Crippen LogP contribution in [-0.4, -0.2) is 9.97 Å². The van der Waals surface area contributed by atoms with Gasteiger partial charge in [-0.2, -0.15) is 0 Å². The molecule has 2 N–H and O–H groups in total. The summed E-state index contributed by atoms with van der Waals surface area (Å²) < 4.78 is 0. The highest BCUT2D eigenvalue weighted by Crippen LogP contribution is 2.33. The molecule has 100 valence electrons. The van der Waals surface area contributed by atoms with Gasteiger partial charge in [0, 0.05) is 12.1 Å². The minimum absolute atomic E-state index is 0.250. The predicted molar refractivity (Wildman–Crippen MR) is 82.1 cm³/mol. The minimum atomic E-state index is 0.250. The molecule has 1 aliphatic heterocycles. The maximum Gasteiger partial charge on any atom is 0.130 e. The van der Waals surface area contributed by atoms with Gasteiger partial charge in [0.2, 0.25) is 0 Å². The number of hydrogen-bond acceptors (Lipinski definition) is 2. The topological polar surface area (TPSA) is 40.7 Å². The van der Waals surface area contributed by atoms with Gasteiger partial charge < -0.3 is 10.3 Å². The molecule has 2 aromatic carbocycles. The molecule has 4 rings (SSSR count). The van der Waals surface area contributed by atoms with Crippen LogP contribution < -0.4 is 5.32 Å². The van der Waals surface area contributed by atoms with Crippen molar-refractivity contribution in [1.29, 1.82) is 0 Å². The van der Waals surface area contributed by atoms with Crippen molar-refractivity contribution in [3.8, 4) is 0 Å². The van der Waals surface area contributed by atoms with E-state index in [9.17, 15) is 0 Å². The fraction of sp³-hybridized carbons (Fsp3) is 0.235. The fourth-order valence-electron chi connectivity index (χ4n) is 2.92. The Bertz CT molecular complexity index is 737. The molecule has 3 heteroatoms. The van der Waals surface area contributed by atoms with E-state index in [1.807, 2.05) is 0 Å². The van der Waals surface area contributed by atoms with Gasteiger partial charge in [0.25, 0.3) is 0 Å². The molecule has 1 aliphatic rings. The number of fused-ring (bicyclic) bond motifs is 2. The van der Waals surface area contributed by atoms with Gasteiger partial charge in [0.15, 0.2) is 0 Å². The molecule has 0 aliphatic carbocycles. The Morgan fingerprint density at radius 1 is 1.10 bits per heavy atom. The molecular weight excluding hydrogens is 246 g/mol. The van der Waals surface area contributed by atoms with Gasteiger partial charge in [-0.25, -0.2) is 4.98 Å². The van der Waals surface area contributed by atoms with Crippen LogP contribution in [0.4, 0.5) is 5.69 Å². The molecule has 0 bridgehead atoms. The van der Waals surface area contributed by atoms with E-state index in [4.69, 9.17) is 4.98 Å². The second-order valence-electron chi connectivity index (χ2n) is 5.63. The molecule has 1 atom stereocenters. The normalized spacial score (nSPS) is 17.2. The maximum atomic E-state index is 4.76. The number of para-hydroxylation sites is 1. The SMILES string of the molecule is Cc1cc2nc(C3Cc4ccccc4N3)[nH]c2cc1C. The summed E-state index contributed by atoms with van der Waals surface area (Å²) >= 11 is 0. The van der Waals surface area contributed by atoms with E-state index >= 15 is 0 Å². The van der Waals surface area contributed by atoms with Crippen LogP contribution in [0.5, 0.6) is 0 Å². The first kappa shape index (κ1) is 11.5. The zero-order valence-electron chi connectivity index (χ0n) is 11.7. The highest BCUT2D eigenvalue weighted by atomic mass is 15.0. The molecule has 20 heavy (non-hydrogen) atoms. The summed E-state index contributed by atoms with van der Waals surface area (Å²) in [4.78, 5) is 8.23. The largest absolute Gasteiger partial charge is 0.375 e. The molecule has 0 radical (unpaired) electrons. The quantitative estimate of drug-likeness (QED) is 0.699. The van der Waals surface area contributed by atoms with Crippen LogP contribution in [0.15, 0.2) is 36.4 Å². The number of nitrogens with one attached hydrogen (secondary N) is 2. The van der Waals surface area contributed by atoms with Crippen LogP contribution in [0.1, 0.15) is 28.6 Å². The van der Waals surface area contributed by atoms with Crippen molar-refractivity contribution in [2.75, 3.05) is 5.32 Å². The monoisotopic (exact) mass is 263 g/mol. The summed E-state index contributed by atoms with van der Waals surface area (Å²) in [5.41, 5.74) is 7.37. The molecular formula is C17H17N3. The minimum Gasteiger partial charge on any atom is -0.375 e. The Hall–Kier alpha value is -2.29. The third-order valence-corrected chi connectivity index (χ3v) is 4.22. The molecule has 0 saturated heterocycles. The first-order chi connectivity index (χ1) is 9.70. The maximum absolute atomic E-state index is 4.76. The van der Waals surface area contributed by atoms with Crippen LogP contribution in [0, 0.1) is 13.8 Å². The Balaban J connectivity index is 1.74. The Morgan fingerprint density at radius 3 is 2.75 bits per heavy atom. The number of imidazole rings is 1. The summed E-state index contributed by atoms with van der Waals surface area (Å²) in [6, 6.07) is 13.1. The van der Waals surface area contributed by atoms with E-state index in [0.717, 1.165) is 23.3 Å². The fourth-order valence-corrected chi connectivity index (χ4v) is 2.92. The molecule has 1 aromatic heterocycles. The molecule has 0 amide bonds. The molecule has 1 unspecified atom stereocenters. The number of benzene rings is 2. The summed E-state index contributed by atoms with van der Waals surface area (Å²) in [7, 11) is 0. The summed E-state index contributed by atoms with van der Waals surface area (Å²) in [6.07, 6.45) is 0.994. The molecule has 0 saturated carbocycles. The average molecular weight is 263 g/mol. The predicted octanol–water partition coefficient (Wildman–Crippen LogP) is 3.89. The van der Waals surface area contributed by atoms with Gasteiger partial charge in [-0.15, -0.1) is 0 Å². The zero-order chi connectivity index (χ0) is 13.7. The second-order valence-corrected chi connectivity index (χ2v) is 5.63. The van der Waals surface area contributed by atoms with Gasteiger partial charge in [0.05, 0.1) is 17.1 Å². The number of nitrogens with zero attached hydrogens (tertiary/aromatic N) is 1. The first-order valence-corrected chi connectivity index (χ1v) is 7.02. The molecule has 3 nitrogen and oxygen atoms in total. The van der Waals surface area contributed by atoms with Crippen LogP contribution in [0.25, 0.3) is 11.0 Å². The van der Waals surface area contributed by atoms with Gasteiger partial charge in [0.1, 0.15) is 5.82 Å². The van der Waals surface area contributed by atoms with E-state index in [0.29, 0.717) is 0 Å². The van der Waals surface area contributed by atoms with Crippen molar-refractivity contribution in [1.82, 2.24) is 9.97 Å². The smallest absolute Gasteiger partial charge is 0.130 e.